The molecule has 5 rings (SSSR count). The zero-order chi connectivity index (χ0) is 22.9. The first-order valence-electron chi connectivity index (χ1n) is 11.9. The molecule has 3 fully saturated rings. The predicted molar refractivity (Wildman–Crippen MR) is 153 cm³/mol. The van der Waals surface area contributed by atoms with Crippen molar-refractivity contribution in [2.75, 3.05) is 6.54 Å². The van der Waals surface area contributed by atoms with Crippen molar-refractivity contribution in [1.82, 2.24) is 4.90 Å². The summed E-state index contributed by atoms with van der Waals surface area (Å²) in [6, 6.07) is 10.6. The lowest BCUT2D eigenvalue weighted by molar-refractivity contribution is -0.124. The smallest absolute Gasteiger partial charge is 0.266 e. The van der Waals surface area contributed by atoms with Crippen LogP contribution in [-0.2, 0) is 11.2 Å². The second-order valence-electron chi connectivity index (χ2n) is 9.40. The number of thioether (sulfide) groups is 1. The molecule has 2 bridgehead atoms. The number of nitrogens with two attached hydrogens (primary N) is 1. The van der Waals surface area contributed by atoms with Gasteiger partial charge in [0.15, 0.2) is 0 Å². The van der Waals surface area contributed by atoms with Crippen LogP contribution in [0.1, 0.15) is 55.4 Å². The zero-order valence-electron chi connectivity index (χ0n) is 19.0. The zero-order valence-corrected chi connectivity index (χ0v) is 23.0. The van der Waals surface area contributed by atoms with Crippen molar-refractivity contribution in [2.24, 2.45) is 17.6 Å². The van der Waals surface area contributed by atoms with Gasteiger partial charge in [-0.2, -0.15) is 0 Å². The number of fused-ring (bicyclic) bond motifs is 2. The first-order valence-corrected chi connectivity index (χ1v) is 14.3. The van der Waals surface area contributed by atoms with Gasteiger partial charge in [0.25, 0.3) is 5.91 Å². The number of carbonyl (C=O) groups excluding carboxylic acids is 1. The Labute approximate surface area is 226 Å². The van der Waals surface area contributed by atoms with E-state index < -0.39 is 0 Å². The molecule has 182 valence electrons. The fraction of sp³-hybridized carbons (Fsp3) is 0.462. The van der Waals surface area contributed by atoms with E-state index in [9.17, 15) is 4.79 Å². The number of hydrogen-bond donors (Lipinski definition) is 1. The van der Waals surface area contributed by atoms with Gasteiger partial charge >= 0.3 is 0 Å². The molecule has 2 aromatic rings. The summed E-state index contributed by atoms with van der Waals surface area (Å²) in [5, 5.41) is 0.738. The maximum atomic E-state index is 13.4. The maximum absolute atomic E-state index is 13.4. The maximum Gasteiger partial charge on any atom is 0.266 e. The molecule has 34 heavy (non-hydrogen) atoms. The van der Waals surface area contributed by atoms with Crippen LogP contribution in [0.5, 0.6) is 0 Å². The summed E-state index contributed by atoms with van der Waals surface area (Å²) in [6.07, 6.45) is 11.3. The van der Waals surface area contributed by atoms with Gasteiger partial charge in [-0.25, -0.2) is 0 Å². The van der Waals surface area contributed by atoms with Crippen molar-refractivity contribution in [3.63, 3.8) is 0 Å². The minimum atomic E-state index is 0. The standard InChI is InChI=1S/C26H29ClN2OS3.ClH/c27-20-9-7-17(8-10-20)22-14-19(4-2-1-3-11-28)23(32-22)15-24-25(30)29(26(31)33-24)21-13-16-5-6-18(21)12-16;/h7-10,14-16,18,21H,1-6,11-13,28H2;1H/b24-15-;. The molecule has 1 aromatic carbocycles. The summed E-state index contributed by atoms with van der Waals surface area (Å²) in [4.78, 5) is 18.5. The number of rotatable bonds is 8. The van der Waals surface area contributed by atoms with Crippen LogP contribution in [0.2, 0.25) is 5.02 Å². The summed E-state index contributed by atoms with van der Waals surface area (Å²) in [5.41, 5.74) is 8.13. The molecule has 3 nitrogen and oxygen atoms in total. The van der Waals surface area contributed by atoms with Crippen LogP contribution < -0.4 is 5.73 Å². The number of nitrogens with zero attached hydrogens (tertiary/aromatic N) is 1. The first-order chi connectivity index (χ1) is 16.0. The predicted octanol–water partition coefficient (Wildman–Crippen LogP) is 7.55. The normalized spacial score (nSPS) is 24.9. The molecule has 1 amide bonds. The van der Waals surface area contributed by atoms with Gasteiger partial charge in [0.2, 0.25) is 0 Å². The van der Waals surface area contributed by atoms with Gasteiger partial charge in [-0.05, 0) is 92.3 Å². The van der Waals surface area contributed by atoms with E-state index in [0.717, 1.165) is 64.4 Å². The van der Waals surface area contributed by atoms with Crippen LogP contribution in [0.15, 0.2) is 35.2 Å². The number of halogens is 2. The van der Waals surface area contributed by atoms with Gasteiger partial charge < -0.3 is 5.73 Å². The lowest BCUT2D eigenvalue weighted by atomic mass is 9.94. The highest BCUT2D eigenvalue weighted by atomic mass is 35.5. The fourth-order valence-electron chi connectivity index (χ4n) is 5.57. The Morgan fingerprint density at radius 2 is 1.94 bits per heavy atom. The van der Waals surface area contributed by atoms with Crippen molar-refractivity contribution in [3.05, 3.63) is 50.7 Å². The molecule has 2 aliphatic carbocycles. The van der Waals surface area contributed by atoms with Gasteiger partial charge in [0, 0.05) is 20.8 Å². The third kappa shape index (κ3) is 5.42. The van der Waals surface area contributed by atoms with Crippen LogP contribution in [0.25, 0.3) is 16.5 Å². The van der Waals surface area contributed by atoms with Crippen LogP contribution in [-0.4, -0.2) is 27.7 Å². The van der Waals surface area contributed by atoms with Gasteiger partial charge in [-0.1, -0.05) is 60.6 Å². The number of benzene rings is 1. The molecule has 0 spiro atoms. The van der Waals surface area contributed by atoms with Crippen LogP contribution in [0, 0.1) is 11.8 Å². The first kappa shape index (κ1) is 26.2. The minimum absolute atomic E-state index is 0. The average molecular weight is 554 g/mol. The van der Waals surface area contributed by atoms with Crippen molar-refractivity contribution in [3.8, 4) is 10.4 Å². The number of hydrogen-bond acceptors (Lipinski definition) is 5. The second-order valence-corrected chi connectivity index (χ2v) is 12.6. The van der Waals surface area contributed by atoms with E-state index in [1.807, 2.05) is 17.0 Å². The highest BCUT2D eigenvalue weighted by Gasteiger charge is 2.48. The van der Waals surface area contributed by atoms with E-state index in [4.69, 9.17) is 29.6 Å². The van der Waals surface area contributed by atoms with E-state index >= 15 is 0 Å². The SMILES string of the molecule is Cl.NCCCCCc1cc(-c2ccc(Cl)cc2)sc1/C=C1\SC(=S)N(C2CC3CCC2C3)C1=O. The largest absolute Gasteiger partial charge is 0.330 e. The Morgan fingerprint density at radius 1 is 1.15 bits per heavy atom. The molecule has 1 aromatic heterocycles. The van der Waals surface area contributed by atoms with Crippen molar-refractivity contribution >= 4 is 75.6 Å². The van der Waals surface area contributed by atoms with Crippen molar-refractivity contribution < 1.29 is 4.79 Å². The molecule has 2 heterocycles. The number of thiophene rings is 1. The van der Waals surface area contributed by atoms with Crippen LogP contribution in [0.4, 0.5) is 0 Å². The molecule has 3 unspecified atom stereocenters. The number of amides is 1. The molecule has 8 heteroatoms. The highest BCUT2D eigenvalue weighted by molar-refractivity contribution is 8.26. The van der Waals surface area contributed by atoms with E-state index in [0.29, 0.717) is 12.0 Å². The van der Waals surface area contributed by atoms with Gasteiger partial charge in [0.05, 0.1) is 4.91 Å². The quantitative estimate of drug-likeness (QED) is 0.208. The molecular weight excluding hydrogens is 523 g/mol. The molecule has 2 saturated carbocycles. The van der Waals surface area contributed by atoms with Gasteiger partial charge in [0.1, 0.15) is 4.32 Å². The van der Waals surface area contributed by atoms with Gasteiger partial charge in [-0.3, -0.25) is 9.69 Å². The molecule has 3 atom stereocenters. The second kappa shape index (κ2) is 11.4. The summed E-state index contributed by atoms with van der Waals surface area (Å²) in [7, 11) is 0. The molecule has 0 radical (unpaired) electrons. The third-order valence-electron chi connectivity index (χ3n) is 7.24. The highest BCUT2D eigenvalue weighted by Crippen LogP contribution is 2.49. The lowest BCUT2D eigenvalue weighted by Gasteiger charge is -2.30. The summed E-state index contributed by atoms with van der Waals surface area (Å²) in [6.45, 7) is 0.734. The summed E-state index contributed by atoms with van der Waals surface area (Å²) in [5.74, 6) is 1.53. The Morgan fingerprint density at radius 3 is 2.62 bits per heavy atom. The third-order valence-corrected chi connectivity index (χ3v) is 9.99. The average Bonchev–Trinajstić information content (AvgIpc) is 3.57. The number of thiocarbonyl (C=S) groups is 1. The number of unbranched alkanes of at least 4 members (excludes halogenated alkanes) is 2. The monoisotopic (exact) mass is 552 g/mol. The fourth-order valence-corrected chi connectivity index (χ4v) is 8.28. The molecule has 1 saturated heterocycles. The Bertz CT molecular complexity index is 1080. The number of carbonyl (C=O) groups is 1. The van der Waals surface area contributed by atoms with Crippen LogP contribution >= 0.6 is 59.3 Å². The topological polar surface area (TPSA) is 46.3 Å². The molecule has 2 N–H and O–H groups in total. The van der Waals surface area contributed by atoms with Crippen LogP contribution in [0.3, 0.4) is 0 Å². The van der Waals surface area contributed by atoms with E-state index in [-0.39, 0.29) is 18.3 Å². The van der Waals surface area contributed by atoms with Crippen molar-refractivity contribution in [1.29, 1.82) is 0 Å². The molecule has 3 aliphatic rings. The summed E-state index contributed by atoms with van der Waals surface area (Å²) >= 11 is 15.0. The van der Waals surface area contributed by atoms with E-state index in [1.165, 1.54) is 46.3 Å². The van der Waals surface area contributed by atoms with E-state index in [2.05, 4.69) is 24.3 Å². The Hall–Kier alpha value is -0.890. The minimum Gasteiger partial charge on any atom is -0.330 e. The molecule has 1 aliphatic heterocycles. The summed E-state index contributed by atoms with van der Waals surface area (Å²) < 4.78 is 0.739. The Balaban J connectivity index is 0.00000274. The van der Waals surface area contributed by atoms with Crippen molar-refractivity contribution in [2.45, 2.75) is 57.4 Å². The van der Waals surface area contributed by atoms with E-state index in [1.54, 1.807) is 11.3 Å². The Kier molecular flexibility index (Phi) is 8.81. The van der Waals surface area contributed by atoms with Gasteiger partial charge in [-0.15, -0.1) is 23.7 Å². The lowest BCUT2D eigenvalue weighted by Crippen LogP contribution is -2.41. The molecular formula is C26H30Cl2N2OS3. The number of aryl methyl sites for hydroxylation is 1.